The SMILES string of the molecule is CN(Cc1cn2ccccc2n1)C1CNC1. The van der Waals surface area contributed by atoms with Crippen molar-refractivity contribution >= 4 is 5.65 Å². The Morgan fingerprint density at radius 2 is 2.38 bits per heavy atom. The highest BCUT2D eigenvalue weighted by Crippen LogP contribution is 2.10. The Bertz CT molecular complexity index is 453. The number of hydrogen-bond acceptors (Lipinski definition) is 3. The molecule has 2 aromatic heterocycles. The Morgan fingerprint density at radius 1 is 1.50 bits per heavy atom. The van der Waals surface area contributed by atoms with Crippen molar-refractivity contribution in [2.24, 2.45) is 0 Å². The van der Waals surface area contributed by atoms with Crippen LogP contribution in [0.4, 0.5) is 0 Å². The molecule has 0 unspecified atom stereocenters. The maximum atomic E-state index is 4.59. The van der Waals surface area contributed by atoms with Crippen molar-refractivity contribution in [1.82, 2.24) is 19.6 Å². The van der Waals surface area contributed by atoms with Crippen molar-refractivity contribution < 1.29 is 0 Å². The molecule has 3 heterocycles. The van der Waals surface area contributed by atoms with Gasteiger partial charge in [0.15, 0.2) is 0 Å². The molecule has 0 radical (unpaired) electrons. The Hall–Kier alpha value is -1.39. The van der Waals surface area contributed by atoms with Crippen LogP contribution in [0, 0.1) is 0 Å². The Kier molecular flexibility index (Phi) is 2.38. The van der Waals surface area contributed by atoms with Crippen LogP contribution in [0.5, 0.6) is 0 Å². The first-order chi connectivity index (χ1) is 7.83. The van der Waals surface area contributed by atoms with Crippen molar-refractivity contribution in [2.75, 3.05) is 20.1 Å². The Balaban J connectivity index is 1.78. The lowest BCUT2D eigenvalue weighted by Crippen LogP contribution is -2.55. The fraction of sp³-hybridized carbons (Fsp3) is 0.417. The third-order valence-electron chi connectivity index (χ3n) is 3.21. The van der Waals surface area contributed by atoms with Crippen molar-refractivity contribution in [3.63, 3.8) is 0 Å². The number of nitrogens with zero attached hydrogens (tertiary/aromatic N) is 3. The molecule has 1 fully saturated rings. The van der Waals surface area contributed by atoms with Crippen LogP contribution in [0.3, 0.4) is 0 Å². The van der Waals surface area contributed by atoms with Gasteiger partial charge in [-0.3, -0.25) is 4.90 Å². The van der Waals surface area contributed by atoms with Crippen LogP contribution in [-0.2, 0) is 6.54 Å². The van der Waals surface area contributed by atoms with Gasteiger partial charge in [0, 0.05) is 38.1 Å². The second kappa shape index (κ2) is 3.88. The minimum absolute atomic E-state index is 0.671. The highest BCUT2D eigenvalue weighted by Gasteiger charge is 2.21. The molecule has 0 spiro atoms. The van der Waals surface area contributed by atoms with E-state index in [2.05, 4.69) is 32.8 Å². The molecular weight excluding hydrogens is 200 g/mol. The number of likely N-dealkylation sites (N-methyl/N-ethyl adjacent to an activating group) is 1. The average Bonchev–Trinajstić information content (AvgIpc) is 2.56. The van der Waals surface area contributed by atoms with Gasteiger partial charge >= 0.3 is 0 Å². The van der Waals surface area contributed by atoms with Crippen LogP contribution in [0.25, 0.3) is 5.65 Å². The summed E-state index contributed by atoms with van der Waals surface area (Å²) in [6.45, 7) is 3.13. The second-order valence-corrected chi connectivity index (χ2v) is 4.43. The van der Waals surface area contributed by atoms with Crippen LogP contribution in [0.2, 0.25) is 0 Å². The molecule has 16 heavy (non-hydrogen) atoms. The zero-order chi connectivity index (χ0) is 11.0. The van der Waals surface area contributed by atoms with Crippen LogP contribution in [0.15, 0.2) is 30.6 Å². The smallest absolute Gasteiger partial charge is 0.137 e. The summed E-state index contributed by atoms with van der Waals surface area (Å²) < 4.78 is 2.07. The first-order valence-corrected chi connectivity index (χ1v) is 5.66. The van der Waals surface area contributed by atoms with Gasteiger partial charge in [-0.2, -0.15) is 0 Å². The summed E-state index contributed by atoms with van der Waals surface area (Å²) >= 11 is 0. The van der Waals surface area contributed by atoms with Crippen molar-refractivity contribution in [3.05, 3.63) is 36.3 Å². The van der Waals surface area contributed by atoms with E-state index < -0.39 is 0 Å². The summed E-state index contributed by atoms with van der Waals surface area (Å²) in [4.78, 5) is 6.95. The van der Waals surface area contributed by atoms with E-state index >= 15 is 0 Å². The molecule has 0 aromatic carbocycles. The molecule has 0 bridgehead atoms. The molecule has 0 aliphatic carbocycles. The topological polar surface area (TPSA) is 32.6 Å². The van der Waals surface area contributed by atoms with Crippen molar-refractivity contribution in [1.29, 1.82) is 0 Å². The molecule has 2 aromatic rings. The van der Waals surface area contributed by atoms with E-state index in [1.807, 2.05) is 24.4 Å². The molecule has 4 heteroatoms. The van der Waals surface area contributed by atoms with E-state index in [1.165, 1.54) is 0 Å². The molecule has 1 aliphatic rings. The normalized spacial score (nSPS) is 16.9. The van der Waals surface area contributed by atoms with Gasteiger partial charge in [-0.05, 0) is 19.2 Å². The summed E-state index contributed by atoms with van der Waals surface area (Å²) in [5.41, 5.74) is 2.17. The molecule has 0 saturated carbocycles. The first kappa shape index (κ1) is 9.81. The number of aromatic nitrogens is 2. The van der Waals surface area contributed by atoms with Gasteiger partial charge in [-0.25, -0.2) is 4.98 Å². The van der Waals surface area contributed by atoms with Gasteiger partial charge in [0.05, 0.1) is 5.69 Å². The number of pyridine rings is 1. The van der Waals surface area contributed by atoms with E-state index in [1.54, 1.807) is 0 Å². The van der Waals surface area contributed by atoms with Gasteiger partial charge < -0.3 is 9.72 Å². The van der Waals surface area contributed by atoms with Gasteiger partial charge in [0.2, 0.25) is 0 Å². The van der Waals surface area contributed by atoms with E-state index in [-0.39, 0.29) is 0 Å². The highest BCUT2D eigenvalue weighted by atomic mass is 15.2. The molecule has 0 amide bonds. The number of nitrogens with one attached hydrogen (secondary N) is 1. The highest BCUT2D eigenvalue weighted by molar-refractivity contribution is 5.39. The third-order valence-corrected chi connectivity index (χ3v) is 3.21. The fourth-order valence-electron chi connectivity index (χ4n) is 2.03. The molecule has 1 saturated heterocycles. The Labute approximate surface area is 94.9 Å². The predicted octanol–water partition coefficient (Wildman–Crippen LogP) is 0.738. The second-order valence-electron chi connectivity index (χ2n) is 4.43. The lowest BCUT2D eigenvalue weighted by Gasteiger charge is -2.35. The predicted molar refractivity (Wildman–Crippen MR) is 63.3 cm³/mol. The summed E-state index contributed by atoms with van der Waals surface area (Å²) in [7, 11) is 2.16. The molecule has 1 N–H and O–H groups in total. The van der Waals surface area contributed by atoms with Crippen molar-refractivity contribution in [2.45, 2.75) is 12.6 Å². The van der Waals surface area contributed by atoms with E-state index in [0.29, 0.717) is 6.04 Å². The van der Waals surface area contributed by atoms with Crippen LogP contribution < -0.4 is 5.32 Å². The molecule has 1 aliphatic heterocycles. The standard InChI is InChI=1S/C12H16N4/c1-15(11-6-13-7-11)8-10-9-16-5-3-2-4-12(16)14-10/h2-5,9,11,13H,6-8H2,1H3. The minimum atomic E-state index is 0.671. The van der Waals surface area contributed by atoms with E-state index in [0.717, 1.165) is 31.0 Å². The largest absolute Gasteiger partial charge is 0.314 e. The van der Waals surface area contributed by atoms with E-state index in [4.69, 9.17) is 0 Å². The van der Waals surface area contributed by atoms with Gasteiger partial charge in [0.1, 0.15) is 5.65 Å². The molecule has 84 valence electrons. The summed E-state index contributed by atoms with van der Waals surface area (Å²) in [6.07, 6.45) is 4.15. The van der Waals surface area contributed by atoms with E-state index in [9.17, 15) is 0 Å². The van der Waals surface area contributed by atoms with Gasteiger partial charge in [-0.15, -0.1) is 0 Å². The van der Waals surface area contributed by atoms with Crippen LogP contribution in [-0.4, -0.2) is 40.5 Å². The molecular formula is C12H16N4. The lowest BCUT2D eigenvalue weighted by atomic mass is 10.1. The van der Waals surface area contributed by atoms with Crippen molar-refractivity contribution in [3.8, 4) is 0 Å². The minimum Gasteiger partial charge on any atom is -0.314 e. The Morgan fingerprint density at radius 3 is 3.06 bits per heavy atom. The maximum absolute atomic E-state index is 4.59. The quantitative estimate of drug-likeness (QED) is 0.821. The van der Waals surface area contributed by atoms with Crippen LogP contribution >= 0.6 is 0 Å². The monoisotopic (exact) mass is 216 g/mol. The zero-order valence-corrected chi connectivity index (χ0v) is 9.43. The average molecular weight is 216 g/mol. The molecule has 4 nitrogen and oxygen atoms in total. The first-order valence-electron chi connectivity index (χ1n) is 5.66. The fourth-order valence-corrected chi connectivity index (χ4v) is 2.03. The molecule has 0 atom stereocenters. The number of hydrogen-bond donors (Lipinski definition) is 1. The third kappa shape index (κ3) is 1.70. The number of rotatable bonds is 3. The van der Waals surface area contributed by atoms with Crippen LogP contribution in [0.1, 0.15) is 5.69 Å². The lowest BCUT2D eigenvalue weighted by molar-refractivity contribution is 0.171. The number of fused-ring (bicyclic) bond motifs is 1. The summed E-state index contributed by atoms with van der Waals surface area (Å²) in [5, 5.41) is 3.29. The molecule has 3 rings (SSSR count). The summed E-state index contributed by atoms with van der Waals surface area (Å²) in [6, 6.07) is 6.75. The number of imidazole rings is 1. The van der Waals surface area contributed by atoms with Gasteiger partial charge in [-0.1, -0.05) is 6.07 Å². The summed E-state index contributed by atoms with van der Waals surface area (Å²) in [5.74, 6) is 0. The zero-order valence-electron chi connectivity index (χ0n) is 9.43. The maximum Gasteiger partial charge on any atom is 0.137 e. The van der Waals surface area contributed by atoms with Gasteiger partial charge in [0.25, 0.3) is 0 Å².